The van der Waals surface area contributed by atoms with Gasteiger partial charge in [0.25, 0.3) is 0 Å². The molecule has 0 aliphatic carbocycles. The molecule has 1 aromatic heterocycles. The molecular weight excluding hydrogens is 398 g/mol. The van der Waals surface area contributed by atoms with Crippen LogP contribution >= 0.6 is 22.9 Å². The van der Waals surface area contributed by atoms with Crippen LogP contribution in [0.15, 0.2) is 35.7 Å². The molecule has 1 aliphatic heterocycles. The third-order valence-electron chi connectivity index (χ3n) is 4.83. The highest BCUT2D eigenvalue weighted by Crippen LogP contribution is 2.27. The molecule has 2 N–H and O–H groups in total. The molecule has 1 saturated heterocycles. The zero-order valence-corrected chi connectivity index (χ0v) is 17.3. The fourth-order valence-corrected chi connectivity index (χ4v) is 4.22. The van der Waals surface area contributed by atoms with Gasteiger partial charge in [-0.05, 0) is 61.5 Å². The van der Waals surface area contributed by atoms with Crippen LogP contribution in [0.3, 0.4) is 0 Å². The average molecular weight is 422 g/mol. The van der Waals surface area contributed by atoms with E-state index in [0.29, 0.717) is 28.9 Å². The zero-order valence-electron chi connectivity index (χ0n) is 15.7. The third-order valence-corrected chi connectivity index (χ3v) is 5.99. The minimum atomic E-state index is -0.698. The summed E-state index contributed by atoms with van der Waals surface area (Å²) in [5.74, 6) is -0.425. The van der Waals surface area contributed by atoms with Gasteiger partial charge < -0.3 is 15.4 Å². The lowest BCUT2D eigenvalue weighted by molar-refractivity contribution is -0.136. The van der Waals surface area contributed by atoms with Gasteiger partial charge in [-0.15, -0.1) is 11.3 Å². The van der Waals surface area contributed by atoms with Crippen LogP contribution < -0.4 is 15.4 Å². The maximum Gasteiger partial charge on any atom is 0.313 e. The number of likely N-dealkylation sites (tertiary alicyclic amines) is 1. The fourth-order valence-electron chi connectivity index (χ4n) is 3.22. The lowest BCUT2D eigenvalue weighted by Crippen LogP contribution is -2.41. The molecule has 2 aromatic rings. The van der Waals surface area contributed by atoms with Crippen molar-refractivity contribution in [3.05, 3.63) is 45.6 Å². The van der Waals surface area contributed by atoms with Gasteiger partial charge in [0.15, 0.2) is 0 Å². The summed E-state index contributed by atoms with van der Waals surface area (Å²) in [4.78, 5) is 28.0. The van der Waals surface area contributed by atoms with Crippen molar-refractivity contribution in [2.75, 3.05) is 32.1 Å². The number of halogens is 1. The van der Waals surface area contributed by atoms with E-state index in [1.807, 2.05) is 0 Å². The monoisotopic (exact) mass is 421 g/mol. The molecule has 8 heteroatoms. The Balaban J connectivity index is 1.39. The molecule has 1 aliphatic rings. The van der Waals surface area contributed by atoms with Gasteiger partial charge in [-0.1, -0.05) is 17.7 Å². The summed E-state index contributed by atoms with van der Waals surface area (Å²) in [7, 11) is 1.51. The van der Waals surface area contributed by atoms with E-state index in [4.69, 9.17) is 16.3 Å². The van der Waals surface area contributed by atoms with E-state index in [1.54, 1.807) is 29.5 Å². The summed E-state index contributed by atoms with van der Waals surface area (Å²) in [5.41, 5.74) is 0.452. The maximum atomic E-state index is 12.1. The molecule has 1 fully saturated rings. The van der Waals surface area contributed by atoms with E-state index in [2.05, 4.69) is 33.0 Å². The molecule has 0 atom stereocenters. The third kappa shape index (κ3) is 5.70. The van der Waals surface area contributed by atoms with Crippen molar-refractivity contribution >= 4 is 40.4 Å². The van der Waals surface area contributed by atoms with Crippen molar-refractivity contribution in [3.8, 4) is 5.75 Å². The van der Waals surface area contributed by atoms with Gasteiger partial charge in [0.05, 0.1) is 12.1 Å². The Morgan fingerprint density at radius 1 is 1.25 bits per heavy atom. The number of amides is 2. The number of piperidine rings is 1. The molecule has 3 rings (SSSR count). The summed E-state index contributed by atoms with van der Waals surface area (Å²) in [6, 6.07) is 9.06. The Bertz CT molecular complexity index is 805. The summed E-state index contributed by atoms with van der Waals surface area (Å²) in [5, 5.41) is 7.77. The minimum Gasteiger partial charge on any atom is -0.495 e. The van der Waals surface area contributed by atoms with Gasteiger partial charge in [-0.25, -0.2) is 0 Å². The van der Waals surface area contributed by atoms with Crippen LogP contribution in [0.1, 0.15) is 17.7 Å². The zero-order chi connectivity index (χ0) is 19.9. The van der Waals surface area contributed by atoms with Crippen molar-refractivity contribution in [1.82, 2.24) is 10.2 Å². The number of carbonyl (C=O) groups is 2. The summed E-state index contributed by atoms with van der Waals surface area (Å²) in [6.45, 7) is 3.52. The molecule has 0 spiro atoms. The van der Waals surface area contributed by atoms with E-state index >= 15 is 0 Å². The van der Waals surface area contributed by atoms with Crippen LogP contribution in [0, 0.1) is 5.92 Å². The lowest BCUT2D eigenvalue weighted by Gasteiger charge is -2.31. The molecular formula is C20H24ClN3O3S. The number of rotatable bonds is 6. The van der Waals surface area contributed by atoms with Gasteiger partial charge >= 0.3 is 11.8 Å². The number of ether oxygens (including phenoxy) is 1. The predicted octanol–water partition coefficient (Wildman–Crippen LogP) is 3.38. The van der Waals surface area contributed by atoms with Crippen LogP contribution in [0.25, 0.3) is 0 Å². The quantitative estimate of drug-likeness (QED) is 0.701. The van der Waals surface area contributed by atoms with Crippen LogP contribution in [0.2, 0.25) is 5.02 Å². The normalized spacial score (nSPS) is 15.2. The van der Waals surface area contributed by atoms with Crippen LogP contribution in [-0.2, 0) is 16.1 Å². The lowest BCUT2D eigenvalue weighted by atomic mass is 9.97. The molecule has 0 radical (unpaired) electrons. The van der Waals surface area contributed by atoms with Crippen molar-refractivity contribution in [2.45, 2.75) is 19.4 Å². The molecule has 0 saturated carbocycles. The first-order chi connectivity index (χ1) is 13.5. The highest BCUT2D eigenvalue weighted by atomic mass is 35.5. The van der Waals surface area contributed by atoms with Gasteiger partial charge in [-0.2, -0.15) is 0 Å². The summed E-state index contributed by atoms with van der Waals surface area (Å²) >= 11 is 7.81. The Morgan fingerprint density at radius 2 is 2.04 bits per heavy atom. The molecule has 2 amide bonds. The number of hydrogen-bond acceptors (Lipinski definition) is 5. The van der Waals surface area contributed by atoms with E-state index < -0.39 is 11.8 Å². The second-order valence-corrected chi connectivity index (χ2v) is 8.25. The van der Waals surface area contributed by atoms with Gasteiger partial charge in [-0.3, -0.25) is 14.5 Å². The van der Waals surface area contributed by atoms with E-state index in [1.165, 1.54) is 12.0 Å². The number of nitrogens with one attached hydrogen (secondary N) is 2. The molecule has 6 nitrogen and oxygen atoms in total. The SMILES string of the molecule is COc1ccc(NC(=O)C(=O)NCC2CCN(Cc3cccs3)CC2)cc1Cl. The Kier molecular flexibility index (Phi) is 7.30. The largest absolute Gasteiger partial charge is 0.495 e. The Hall–Kier alpha value is -2.09. The maximum absolute atomic E-state index is 12.1. The van der Waals surface area contributed by atoms with Gasteiger partial charge in [0, 0.05) is 23.7 Å². The molecule has 150 valence electrons. The van der Waals surface area contributed by atoms with E-state index in [-0.39, 0.29) is 0 Å². The number of carbonyl (C=O) groups excluding carboxylic acids is 2. The molecule has 1 aromatic carbocycles. The van der Waals surface area contributed by atoms with E-state index in [9.17, 15) is 9.59 Å². The van der Waals surface area contributed by atoms with Crippen molar-refractivity contribution in [2.24, 2.45) is 5.92 Å². The fraction of sp³-hybridized carbons (Fsp3) is 0.400. The van der Waals surface area contributed by atoms with Crippen LogP contribution in [0.4, 0.5) is 5.69 Å². The smallest absolute Gasteiger partial charge is 0.313 e. The number of methoxy groups -OCH3 is 1. The molecule has 0 bridgehead atoms. The number of hydrogen-bond donors (Lipinski definition) is 2. The second-order valence-electron chi connectivity index (χ2n) is 6.81. The van der Waals surface area contributed by atoms with E-state index in [0.717, 1.165) is 32.5 Å². The molecule has 2 heterocycles. The van der Waals surface area contributed by atoms with Crippen LogP contribution in [0.5, 0.6) is 5.75 Å². The number of nitrogens with zero attached hydrogens (tertiary/aromatic N) is 1. The highest BCUT2D eigenvalue weighted by molar-refractivity contribution is 7.09. The average Bonchev–Trinajstić information content (AvgIpc) is 3.20. The minimum absolute atomic E-state index is 0.370. The Morgan fingerprint density at radius 3 is 2.68 bits per heavy atom. The number of benzene rings is 1. The summed E-state index contributed by atoms with van der Waals surface area (Å²) < 4.78 is 5.07. The first-order valence-corrected chi connectivity index (χ1v) is 10.5. The molecule has 28 heavy (non-hydrogen) atoms. The highest BCUT2D eigenvalue weighted by Gasteiger charge is 2.21. The summed E-state index contributed by atoms with van der Waals surface area (Å²) in [6.07, 6.45) is 2.03. The van der Waals surface area contributed by atoms with Crippen LogP contribution in [-0.4, -0.2) is 43.5 Å². The number of anilines is 1. The molecule has 0 unspecified atom stereocenters. The first-order valence-electron chi connectivity index (χ1n) is 9.22. The topological polar surface area (TPSA) is 70.7 Å². The first kappa shape index (κ1) is 20.6. The second kappa shape index (κ2) is 9.91. The van der Waals surface area contributed by atoms with Crippen molar-refractivity contribution < 1.29 is 14.3 Å². The van der Waals surface area contributed by atoms with Crippen molar-refractivity contribution in [3.63, 3.8) is 0 Å². The van der Waals surface area contributed by atoms with Crippen molar-refractivity contribution in [1.29, 1.82) is 0 Å². The number of thiophene rings is 1. The Labute approximate surface area is 173 Å². The predicted molar refractivity (Wildman–Crippen MR) is 112 cm³/mol. The standard InChI is InChI=1S/C20H24ClN3O3S/c1-27-18-5-4-15(11-17(18)21)23-20(26)19(25)22-12-14-6-8-24(9-7-14)13-16-3-2-10-28-16/h2-5,10-11,14H,6-9,12-13H2,1H3,(H,22,25)(H,23,26). The van der Waals surface area contributed by atoms with Gasteiger partial charge in [0.1, 0.15) is 5.75 Å². The van der Waals surface area contributed by atoms with Gasteiger partial charge in [0.2, 0.25) is 0 Å².